The van der Waals surface area contributed by atoms with E-state index in [1.807, 2.05) is 24.4 Å². The summed E-state index contributed by atoms with van der Waals surface area (Å²) in [6.45, 7) is 1.93. The molecule has 2 aromatic heterocycles. The van der Waals surface area contributed by atoms with Crippen molar-refractivity contribution in [1.82, 2.24) is 4.98 Å². The minimum atomic E-state index is -0.00423. The second-order valence-electron chi connectivity index (χ2n) is 2.97. The van der Waals surface area contributed by atoms with Crippen molar-refractivity contribution < 1.29 is 0 Å². The molecule has 0 saturated heterocycles. The Kier molecular flexibility index (Phi) is 2.88. The first-order chi connectivity index (χ1) is 6.66. The maximum Gasteiger partial charge on any atom is 0.133 e. The zero-order chi connectivity index (χ0) is 10.1. The van der Waals surface area contributed by atoms with Gasteiger partial charge in [0.05, 0.1) is 14.9 Å². The van der Waals surface area contributed by atoms with Gasteiger partial charge in [0.25, 0.3) is 0 Å². The lowest BCUT2D eigenvalue weighted by Gasteiger charge is -1.96. The molecule has 2 heterocycles. The second-order valence-corrected chi connectivity index (χ2v) is 5.54. The Labute approximate surface area is 95.4 Å². The Morgan fingerprint density at radius 3 is 2.79 bits per heavy atom. The molecule has 1 atom stereocenters. The molecule has 74 valence electrons. The Bertz CT molecular complexity index is 433. The molecular formula is C9H9ClN2S2. The van der Waals surface area contributed by atoms with Crippen molar-refractivity contribution in [3.05, 3.63) is 27.5 Å². The predicted octanol–water partition coefficient (Wildman–Crippen LogP) is 3.54. The van der Waals surface area contributed by atoms with Gasteiger partial charge in [-0.3, -0.25) is 0 Å². The van der Waals surface area contributed by atoms with Crippen molar-refractivity contribution in [3.8, 4) is 9.88 Å². The molecular weight excluding hydrogens is 236 g/mol. The van der Waals surface area contributed by atoms with Crippen LogP contribution in [-0.2, 0) is 0 Å². The number of hydrogen-bond acceptors (Lipinski definition) is 4. The molecule has 0 bridgehead atoms. The molecule has 2 rings (SSSR count). The number of halogens is 1. The fraction of sp³-hybridized carbons (Fsp3) is 0.222. The van der Waals surface area contributed by atoms with E-state index < -0.39 is 0 Å². The van der Waals surface area contributed by atoms with Crippen molar-refractivity contribution in [2.45, 2.75) is 13.0 Å². The van der Waals surface area contributed by atoms with Gasteiger partial charge >= 0.3 is 0 Å². The third kappa shape index (κ3) is 1.98. The van der Waals surface area contributed by atoms with Crippen molar-refractivity contribution in [1.29, 1.82) is 0 Å². The van der Waals surface area contributed by atoms with E-state index >= 15 is 0 Å². The highest BCUT2D eigenvalue weighted by Gasteiger charge is 2.09. The minimum absolute atomic E-state index is 0.00423. The Morgan fingerprint density at radius 1 is 1.50 bits per heavy atom. The predicted molar refractivity (Wildman–Crippen MR) is 63.0 cm³/mol. The number of nitrogens with zero attached hydrogens (tertiary/aromatic N) is 1. The fourth-order valence-corrected chi connectivity index (χ4v) is 3.08. The van der Waals surface area contributed by atoms with Crippen molar-refractivity contribution in [3.63, 3.8) is 0 Å². The molecule has 0 aliphatic heterocycles. The van der Waals surface area contributed by atoms with Crippen LogP contribution in [0.5, 0.6) is 0 Å². The van der Waals surface area contributed by atoms with E-state index in [2.05, 4.69) is 4.98 Å². The van der Waals surface area contributed by atoms with Crippen LogP contribution >= 0.6 is 34.3 Å². The van der Waals surface area contributed by atoms with Gasteiger partial charge in [-0.1, -0.05) is 11.6 Å². The first-order valence-corrected chi connectivity index (χ1v) is 6.21. The lowest BCUT2D eigenvalue weighted by atomic mass is 10.3. The van der Waals surface area contributed by atoms with Gasteiger partial charge < -0.3 is 5.73 Å². The molecule has 2 nitrogen and oxygen atoms in total. The summed E-state index contributed by atoms with van der Waals surface area (Å²) in [6, 6.07) is 3.86. The normalized spacial score (nSPS) is 13.1. The number of hydrogen-bond donors (Lipinski definition) is 1. The van der Waals surface area contributed by atoms with Crippen LogP contribution < -0.4 is 5.73 Å². The number of rotatable bonds is 2. The zero-order valence-electron chi connectivity index (χ0n) is 7.53. The summed E-state index contributed by atoms with van der Waals surface area (Å²) < 4.78 is 0.789. The molecule has 1 unspecified atom stereocenters. The lowest BCUT2D eigenvalue weighted by Crippen LogP contribution is -2.04. The summed E-state index contributed by atoms with van der Waals surface area (Å²) in [6.07, 6.45) is 0. The summed E-state index contributed by atoms with van der Waals surface area (Å²) >= 11 is 8.99. The molecule has 0 radical (unpaired) electrons. The van der Waals surface area contributed by atoms with E-state index in [-0.39, 0.29) is 6.04 Å². The molecule has 5 heteroatoms. The molecule has 0 saturated carbocycles. The van der Waals surface area contributed by atoms with E-state index in [1.54, 1.807) is 11.3 Å². The van der Waals surface area contributed by atoms with Crippen LogP contribution in [0.4, 0.5) is 0 Å². The Morgan fingerprint density at radius 2 is 2.29 bits per heavy atom. The van der Waals surface area contributed by atoms with Gasteiger partial charge in [0.1, 0.15) is 5.01 Å². The van der Waals surface area contributed by atoms with Gasteiger partial charge in [-0.2, -0.15) is 0 Å². The van der Waals surface area contributed by atoms with Crippen LogP contribution in [0.25, 0.3) is 9.88 Å². The van der Waals surface area contributed by atoms with Crippen molar-refractivity contribution in [2.24, 2.45) is 5.73 Å². The van der Waals surface area contributed by atoms with Crippen molar-refractivity contribution >= 4 is 34.3 Å². The highest BCUT2D eigenvalue weighted by atomic mass is 35.5. The average molecular weight is 245 g/mol. The van der Waals surface area contributed by atoms with Crippen LogP contribution in [0.3, 0.4) is 0 Å². The lowest BCUT2D eigenvalue weighted by molar-refractivity contribution is 0.790. The summed E-state index contributed by atoms with van der Waals surface area (Å²) in [5, 5.41) is 2.99. The average Bonchev–Trinajstić information content (AvgIpc) is 2.70. The minimum Gasteiger partial charge on any atom is -0.323 e. The van der Waals surface area contributed by atoms with Gasteiger partial charge in [0.2, 0.25) is 0 Å². The van der Waals surface area contributed by atoms with Gasteiger partial charge in [-0.05, 0) is 19.1 Å². The summed E-state index contributed by atoms with van der Waals surface area (Å²) in [5.74, 6) is 0. The molecule has 2 N–H and O–H groups in total. The topological polar surface area (TPSA) is 38.9 Å². The SMILES string of the molecule is CC(N)c1csc(-c2ccc(Cl)s2)n1. The summed E-state index contributed by atoms with van der Waals surface area (Å²) in [5.41, 5.74) is 6.67. The molecule has 0 aliphatic carbocycles. The van der Waals surface area contributed by atoms with Crippen LogP contribution in [0.15, 0.2) is 17.5 Å². The van der Waals surface area contributed by atoms with Gasteiger partial charge in [0, 0.05) is 11.4 Å². The second kappa shape index (κ2) is 3.98. The standard InChI is InChI=1S/C9H9ClN2S2/c1-5(11)6-4-13-9(12-6)7-2-3-8(10)14-7/h2-5H,11H2,1H3. The largest absolute Gasteiger partial charge is 0.323 e. The van der Waals surface area contributed by atoms with Crippen LogP contribution in [-0.4, -0.2) is 4.98 Å². The van der Waals surface area contributed by atoms with Gasteiger partial charge in [0.15, 0.2) is 0 Å². The third-order valence-electron chi connectivity index (χ3n) is 1.77. The molecule has 0 aromatic carbocycles. The fourth-order valence-electron chi connectivity index (χ4n) is 1.04. The summed E-state index contributed by atoms with van der Waals surface area (Å²) in [7, 11) is 0. The molecule has 0 fully saturated rings. The maximum absolute atomic E-state index is 5.85. The molecule has 2 aromatic rings. The zero-order valence-corrected chi connectivity index (χ0v) is 9.92. The monoisotopic (exact) mass is 244 g/mol. The number of aromatic nitrogens is 1. The number of thiophene rings is 1. The smallest absolute Gasteiger partial charge is 0.133 e. The maximum atomic E-state index is 5.85. The van der Waals surface area contributed by atoms with Crippen LogP contribution in [0.2, 0.25) is 4.34 Å². The molecule has 14 heavy (non-hydrogen) atoms. The highest BCUT2D eigenvalue weighted by Crippen LogP contribution is 2.33. The van der Waals surface area contributed by atoms with Gasteiger partial charge in [-0.15, -0.1) is 22.7 Å². The van der Waals surface area contributed by atoms with E-state index in [4.69, 9.17) is 17.3 Å². The molecule has 0 amide bonds. The van der Waals surface area contributed by atoms with E-state index in [1.165, 1.54) is 11.3 Å². The molecule has 0 aliphatic rings. The first kappa shape index (κ1) is 10.1. The highest BCUT2D eigenvalue weighted by molar-refractivity contribution is 7.23. The first-order valence-electron chi connectivity index (χ1n) is 4.13. The number of nitrogens with two attached hydrogens (primary N) is 1. The third-order valence-corrected chi connectivity index (χ3v) is 4.03. The van der Waals surface area contributed by atoms with E-state index in [9.17, 15) is 0 Å². The van der Waals surface area contributed by atoms with Crippen molar-refractivity contribution in [2.75, 3.05) is 0 Å². The van der Waals surface area contributed by atoms with Crippen LogP contribution in [0, 0.1) is 0 Å². The Hall–Kier alpha value is -0.420. The van der Waals surface area contributed by atoms with E-state index in [0.29, 0.717) is 0 Å². The summed E-state index contributed by atoms with van der Waals surface area (Å²) in [4.78, 5) is 5.54. The van der Waals surface area contributed by atoms with Crippen LogP contribution in [0.1, 0.15) is 18.7 Å². The Balaban J connectivity index is 2.33. The molecule has 0 spiro atoms. The quantitative estimate of drug-likeness (QED) is 0.878. The van der Waals surface area contributed by atoms with E-state index in [0.717, 1.165) is 19.9 Å². The number of thiazole rings is 1. The van der Waals surface area contributed by atoms with Gasteiger partial charge in [-0.25, -0.2) is 4.98 Å².